The summed E-state index contributed by atoms with van der Waals surface area (Å²) in [6.07, 6.45) is 3.80. The zero-order chi connectivity index (χ0) is 25.0. The third-order valence-electron chi connectivity index (χ3n) is 6.15. The first-order chi connectivity index (χ1) is 16.7. The number of anilines is 1. The van der Waals surface area contributed by atoms with Crippen LogP contribution in [0.4, 0.5) is 5.69 Å². The van der Waals surface area contributed by atoms with Crippen LogP contribution in [0.1, 0.15) is 37.1 Å². The van der Waals surface area contributed by atoms with E-state index in [1.54, 1.807) is 53.5 Å². The number of hydrogen-bond donors (Lipinski definition) is 2. The van der Waals surface area contributed by atoms with Gasteiger partial charge >= 0.3 is 0 Å². The normalized spacial score (nSPS) is 15.3. The SMILES string of the molecule is Cc1ccc(NC(=O)CN(C)Cc2nc3ccccc3c(=O)[nH]2)cc1S(=O)(=O)N1CCCCCC1. The summed E-state index contributed by atoms with van der Waals surface area (Å²) in [5.74, 6) is 0.169. The Labute approximate surface area is 205 Å². The highest BCUT2D eigenvalue weighted by Gasteiger charge is 2.27. The first-order valence-electron chi connectivity index (χ1n) is 11.8. The predicted molar refractivity (Wildman–Crippen MR) is 136 cm³/mol. The average Bonchev–Trinajstić information content (AvgIpc) is 3.10. The van der Waals surface area contributed by atoms with E-state index in [4.69, 9.17) is 0 Å². The fourth-order valence-corrected chi connectivity index (χ4v) is 6.11. The molecule has 0 atom stereocenters. The largest absolute Gasteiger partial charge is 0.325 e. The number of fused-ring (bicyclic) bond motifs is 1. The Morgan fingerprint density at radius 2 is 1.83 bits per heavy atom. The van der Waals surface area contributed by atoms with E-state index in [1.165, 1.54) is 6.07 Å². The number of carbonyl (C=O) groups is 1. The number of amides is 1. The van der Waals surface area contributed by atoms with Crippen molar-refractivity contribution in [3.63, 3.8) is 0 Å². The second kappa shape index (κ2) is 10.7. The monoisotopic (exact) mass is 497 g/mol. The molecule has 2 heterocycles. The number of aromatic nitrogens is 2. The summed E-state index contributed by atoms with van der Waals surface area (Å²) < 4.78 is 28.1. The van der Waals surface area contributed by atoms with Gasteiger partial charge in [-0.2, -0.15) is 4.31 Å². The van der Waals surface area contributed by atoms with Crippen molar-refractivity contribution in [2.75, 3.05) is 32.0 Å². The van der Waals surface area contributed by atoms with Crippen molar-refractivity contribution < 1.29 is 13.2 Å². The van der Waals surface area contributed by atoms with E-state index >= 15 is 0 Å². The third-order valence-corrected chi connectivity index (χ3v) is 8.19. The molecule has 186 valence electrons. The van der Waals surface area contributed by atoms with Crippen molar-refractivity contribution >= 4 is 32.5 Å². The molecule has 0 saturated carbocycles. The van der Waals surface area contributed by atoms with Crippen LogP contribution in [0.15, 0.2) is 52.2 Å². The molecular weight excluding hydrogens is 466 g/mol. The molecule has 2 N–H and O–H groups in total. The van der Waals surface area contributed by atoms with E-state index in [9.17, 15) is 18.0 Å². The van der Waals surface area contributed by atoms with E-state index in [1.807, 2.05) is 6.07 Å². The van der Waals surface area contributed by atoms with Crippen molar-refractivity contribution in [2.45, 2.75) is 44.0 Å². The number of nitrogens with one attached hydrogen (secondary N) is 2. The maximum absolute atomic E-state index is 13.3. The topological polar surface area (TPSA) is 115 Å². The number of nitrogens with zero attached hydrogens (tertiary/aromatic N) is 3. The highest BCUT2D eigenvalue weighted by molar-refractivity contribution is 7.89. The highest BCUT2D eigenvalue weighted by atomic mass is 32.2. The second-order valence-corrected chi connectivity index (χ2v) is 11.0. The molecule has 35 heavy (non-hydrogen) atoms. The van der Waals surface area contributed by atoms with Gasteiger partial charge in [0.25, 0.3) is 5.56 Å². The molecule has 1 aromatic heterocycles. The van der Waals surface area contributed by atoms with Crippen LogP contribution in [0.25, 0.3) is 10.9 Å². The minimum Gasteiger partial charge on any atom is -0.325 e. The van der Waals surface area contributed by atoms with Crippen LogP contribution in [0.5, 0.6) is 0 Å². The Hall–Kier alpha value is -3.08. The maximum atomic E-state index is 13.3. The summed E-state index contributed by atoms with van der Waals surface area (Å²) in [7, 11) is -1.88. The van der Waals surface area contributed by atoms with Gasteiger partial charge in [0.1, 0.15) is 5.82 Å². The highest BCUT2D eigenvalue weighted by Crippen LogP contribution is 2.26. The zero-order valence-electron chi connectivity index (χ0n) is 20.1. The molecule has 1 saturated heterocycles. The first kappa shape index (κ1) is 25.0. The minimum absolute atomic E-state index is 0.0403. The molecule has 0 aliphatic carbocycles. The van der Waals surface area contributed by atoms with Crippen LogP contribution in [-0.4, -0.2) is 60.2 Å². The molecule has 1 fully saturated rings. The van der Waals surface area contributed by atoms with Crippen molar-refractivity contribution in [1.29, 1.82) is 0 Å². The number of likely N-dealkylation sites (N-methyl/N-ethyl adjacent to an activating group) is 1. The molecule has 4 rings (SSSR count). The Bertz CT molecular complexity index is 1380. The number of aromatic amines is 1. The van der Waals surface area contributed by atoms with Gasteiger partial charge in [0.15, 0.2) is 0 Å². The van der Waals surface area contributed by atoms with Gasteiger partial charge in [-0.25, -0.2) is 13.4 Å². The van der Waals surface area contributed by atoms with E-state index in [-0.39, 0.29) is 29.5 Å². The molecule has 0 spiro atoms. The number of hydrogen-bond acceptors (Lipinski definition) is 6. The van der Waals surface area contributed by atoms with Gasteiger partial charge in [-0.3, -0.25) is 14.5 Å². The summed E-state index contributed by atoms with van der Waals surface area (Å²) in [4.78, 5) is 34.1. The van der Waals surface area contributed by atoms with Gasteiger partial charge in [-0.15, -0.1) is 0 Å². The maximum Gasteiger partial charge on any atom is 0.258 e. The fourth-order valence-electron chi connectivity index (χ4n) is 4.34. The lowest BCUT2D eigenvalue weighted by Crippen LogP contribution is -2.33. The number of benzene rings is 2. The Balaban J connectivity index is 1.43. The van der Waals surface area contributed by atoms with Gasteiger partial charge in [0.2, 0.25) is 15.9 Å². The van der Waals surface area contributed by atoms with Gasteiger partial charge < -0.3 is 10.3 Å². The van der Waals surface area contributed by atoms with Gasteiger partial charge in [0, 0.05) is 18.8 Å². The first-order valence-corrected chi connectivity index (χ1v) is 13.3. The third kappa shape index (κ3) is 5.95. The van der Waals surface area contributed by atoms with Crippen LogP contribution in [0.3, 0.4) is 0 Å². The van der Waals surface area contributed by atoms with Gasteiger partial charge in [-0.1, -0.05) is 31.0 Å². The Morgan fingerprint density at radius 3 is 2.57 bits per heavy atom. The number of carbonyl (C=O) groups excluding carboxylic acids is 1. The van der Waals surface area contributed by atoms with Crippen LogP contribution in [0.2, 0.25) is 0 Å². The van der Waals surface area contributed by atoms with Crippen molar-refractivity contribution in [3.8, 4) is 0 Å². The number of para-hydroxylation sites is 1. The van der Waals surface area contributed by atoms with Crippen LogP contribution in [-0.2, 0) is 21.4 Å². The molecule has 0 radical (unpaired) electrons. The summed E-state index contributed by atoms with van der Waals surface area (Å²) in [5.41, 5.74) is 1.46. The fraction of sp³-hybridized carbons (Fsp3) is 0.400. The standard InChI is InChI=1S/C25H31N5O4S/c1-18-11-12-19(15-22(18)35(33,34)30-13-7-3-4-8-14-30)26-24(31)17-29(2)16-23-27-21-10-6-5-9-20(21)25(32)28-23/h5-6,9-12,15H,3-4,7-8,13-14,16-17H2,1-2H3,(H,26,31)(H,27,28,32). The predicted octanol–water partition coefficient (Wildman–Crippen LogP) is 2.87. The van der Waals surface area contributed by atoms with Crippen LogP contribution in [0, 0.1) is 6.92 Å². The molecular formula is C25H31N5O4S. The van der Waals surface area contributed by atoms with Crippen molar-refractivity contribution in [1.82, 2.24) is 19.2 Å². The molecule has 9 nitrogen and oxygen atoms in total. The lowest BCUT2D eigenvalue weighted by atomic mass is 10.2. The summed E-state index contributed by atoms with van der Waals surface area (Å²) in [5, 5.41) is 3.31. The lowest BCUT2D eigenvalue weighted by Gasteiger charge is -2.22. The second-order valence-electron chi connectivity index (χ2n) is 9.05. The van der Waals surface area contributed by atoms with Gasteiger partial charge in [-0.05, 0) is 56.6 Å². The molecule has 1 amide bonds. The smallest absolute Gasteiger partial charge is 0.258 e. The minimum atomic E-state index is -3.63. The number of sulfonamides is 1. The van der Waals surface area contributed by atoms with E-state index in [0.29, 0.717) is 41.1 Å². The van der Waals surface area contributed by atoms with Crippen LogP contribution < -0.4 is 10.9 Å². The van der Waals surface area contributed by atoms with Crippen molar-refractivity contribution in [2.24, 2.45) is 0 Å². The van der Waals surface area contributed by atoms with E-state index in [0.717, 1.165) is 25.7 Å². The Kier molecular flexibility index (Phi) is 7.63. The zero-order valence-corrected chi connectivity index (χ0v) is 20.9. The van der Waals surface area contributed by atoms with Crippen molar-refractivity contribution in [3.05, 3.63) is 64.2 Å². The number of aryl methyl sites for hydroxylation is 1. The quantitative estimate of drug-likeness (QED) is 0.519. The molecule has 1 aliphatic heterocycles. The Morgan fingerprint density at radius 1 is 1.11 bits per heavy atom. The molecule has 2 aromatic carbocycles. The number of H-pyrrole nitrogens is 1. The number of rotatable bonds is 7. The summed E-state index contributed by atoms with van der Waals surface area (Å²) >= 11 is 0. The van der Waals surface area contributed by atoms with Crippen LogP contribution >= 0.6 is 0 Å². The molecule has 3 aromatic rings. The summed E-state index contributed by atoms with van der Waals surface area (Å²) in [6.45, 7) is 3.12. The molecule has 10 heteroatoms. The van der Waals surface area contributed by atoms with E-state index < -0.39 is 10.0 Å². The molecule has 0 bridgehead atoms. The van der Waals surface area contributed by atoms with Gasteiger partial charge in [0.05, 0.1) is 28.9 Å². The lowest BCUT2D eigenvalue weighted by molar-refractivity contribution is -0.117. The molecule has 1 aliphatic rings. The summed E-state index contributed by atoms with van der Waals surface area (Å²) in [6, 6.07) is 12.0. The average molecular weight is 498 g/mol. The van der Waals surface area contributed by atoms with E-state index in [2.05, 4.69) is 15.3 Å². The molecule has 0 unspecified atom stereocenters.